The standard InChI is InChI=1S/C20H22ClFN2O5S/c1-12(18(25)23-16-8-6-5-7-15(16)22)29-19(26)13-9-10-14(21)17(11-13)30(27,28)24-20(2,3)4/h5-12,24H,1-4H3,(H,23,25). The average molecular weight is 457 g/mol. The summed E-state index contributed by atoms with van der Waals surface area (Å²) < 4.78 is 46.3. The Hall–Kier alpha value is -2.49. The first-order chi connectivity index (χ1) is 13.8. The molecule has 0 aliphatic carbocycles. The van der Waals surface area contributed by atoms with Crippen LogP contribution in [0.25, 0.3) is 0 Å². The number of amides is 1. The Morgan fingerprint density at radius 1 is 1.13 bits per heavy atom. The molecule has 0 radical (unpaired) electrons. The molecule has 2 rings (SSSR count). The second-order valence-corrected chi connectivity index (χ2v) is 9.58. The molecule has 2 N–H and O–H groups in total. The summed E-state index contributed by atoms with van der Waals surface area (Å²) in [7, 11) is -4.01. The highest BCUT2D eigenvalue weighted by atomic mass is 35.5. The van der Waals surface area contributed by atoms with Crippen molar-refractivity contribution in [1.82, 2.24) is 4.72 Å². The third-order valence-electron chi connectivity index (χ3n) is 3.68. The molecule has 0 saturated heterocycles. The normalized spacial score (nSPS) is 12.9. The number of hydrogen-bond acceptors (Lipinski definition) is 5. The fourth-order valence-electron chi connectivity index (χ4n) is 2.37. The van der Waals surface area contributed by atoms with Crippen molar-refractivity contribution in [2.45, 2.75) is 44.2 Å². The van der Waals surface area contributed by atoms with Crippen LogP contribution in [-0.4, -0.2) is 31.9 Å². The van der Waals surface area contributed by atoms with Crippen LogP contribution in [0.15, 0.2) is 47.4 Å². The van der Waals surface area contributed by atoms with Crippen LogP contribution in [0.1, 0.15) is 38.1 Å². The van der Waals surface area contributed by atoms with Crippen molar-refractivity contribution in [2.24, 2.45) is 0 Å². The number of hydrogen-bond donors (Lipinski definition) is 2. The molecule has 0 heterocycles. The zero-order chi connectivity index (χ0) is 22.7. The van der Waals surface area contributed by atoms with Crippen LogP contribution in [0.4, 0.5) is 10.1 Å². The van der Waals surface area contributed by atoms with Gasteiger partial charge in [0.05, 0.1) is 16.3 Å². The highest BCUT2D eigenvalue weighted by Gasteiger charge is 2.26. The number of benzene rings is 2. The molecule has 7 nitrogen and oxygen atoms in total. The number of para-hydroxylation sites is 1. The van der Waals surface area contributed by atoms with E-state index >= 15 is 0 Å². The predicted octanol–water partition coefficient (Wildman–Crippen LogP) is 3.74. The summed E-state index contributed by atoms with van der Waals surface area (Å²) in [6.07, 6.45) is -1.26. The minimum atomic E-state index is -4.01. The van der Waals surface area contributed by atoms with Gasteiger partial charge in [0.25, 0.3) is 5.91 Å². The highest BCUT2D eigenvalue weighted by molar-refractivity contribution is 7.89. The van der Waals surface area contributed by atoms with Crippen molar-refractivity contribution in [3.63, 3.8) is 0 Å². The maximum absolute atomic E-state index is 13.7. The molecule has 0 aromatic heterocycles. The van der Waals surface area contributed by atoms with E-state index < -0.39 is 39.4 Å². The first-order valence-electron chi connectivity index (χ1n) is 8.90. The summed E-state index contributed by atoms with van der Waals surface area (Å²) in [4.78, 5) is 24.3. The van der Waals surface area contributed by atoms with Gasteiger partial charge < -0.3 is 10.1 Å². The third-order valence-corrected chi connectivity index (χ3v) is 5.92. The molecule has 2 aromatic carbocycles. The van der Waals surface area contributed by atoms with Gasteiger partial charge in [-0.1, -0.05) is 23.7 Å². The van der Waals surface area contributed by atoms with E-state index in [4.69, 9.17) is 16.3 Å². The molecule has 10 heteroatoms. The highest BCUT2D eigenvalue weighted by Crippen LogP contribution is 2.24. The number of nitrogens with one attached hydrogen (secondary N) is 2. The molecule has 0 spiro atoms. The molecule has 0 fully saturated rings. The van der Waals surface area contributed by atoms with E-state index in [1.807, 2.05) is 0 Å². The average Bonchev–Trinajstić information content (AvgIpc) is 2.61. The van der Waals surface area contributed by atoms with E-state index in [9.17, 15) is 22.4 Å². The fourth-order valence-corrected chi connectivity index (χ4v) is 4.32. The van der Waals surface area contributed by atoms with Gasteiger partial charge in [-0.15, -0.1) is 0 Å². The zero-order valence-corrected chi connectivity index (χ0v) is 18.4. The van der Waals surface area contributed by atoms with Gasteiger partial charge in [-0.25, -0.2) is 22.3 Å². The number of ether oxygens (including phenoxy) is 1. The number of carbonyl (C=O) groups is 2. The Bertz CT molecular complexity index is 1070. The molecule has 0 bridgehead atoms. The maximum atomic E-state index is 13.7. The summed E-state index contributed by atoms with van der Waals surface area (Å²) in [6.45, 7) is 6.29. The summed E-state index contributed by atoms with van der Waals surface area (Å²) in [6, 6.07) is 9.14. The molecular formula is C20H22ClFN2O5S. The summed E-state index contributed by atoms with van der Waals surface area (Å²) in [5.41, 5.74) is -0.935. The molecular weight excluding hydrogens is 435 g/mol. The van der Waals surface area contributed by atoms with Crippen LogP contribution in [0.5, 0.6) is 0 Å². The number of esters is 1. The lowest BCUT2D eigenvalue weighted by Gasteiger charge is -2.21. The van der Waals surface area contributed by atoms with Gasteiger partial charge in [-0.2, -0.15) is 0 Å². The van der Waals surface area contributed by atoms with Gasteiger partial charge in [0.1, 0.15) is 10.7 Å². The monoisotopic (exact) mass is 456 g/mol. The van der Waals surface area contributed by atoms with Crippen molar-refractivity contribution in [3.8, 4) is 0 Å². The lowest BCUT2D eigenvalue weighted by atomic mass is 10.1. The number of halogens is 2. The van der Waals surface area contributed by atoms with Crippen LogP contribution in [0.3, 0.4) is 0 Å². The van der Waals surface area contributed by atoms with E-state index in [0.717, 1.165) is 6.07 Å². The van der Waals surface area contributed by atoms with E-state index in [0.29, 0.717) is 0 Å². The summed E-state index contributed by atoms with van der Waals surface area (Å²) in [5.74, 6) is -2.32. The van der Waals surface area contributed by atoms with Gasteiger partial charge in [0, 0.05) is 5.54 Å². The number of rotatable bonds is 6. The smallest absolute Gasteiger partial charge is 0.338 e. The molecule has 0 saturated carbocycles. The molecule has 1 unspecified atom stereocenters. The lowest BCUT2D eigenvalue weighted by Crippen LogP contribution is -2.40. The topological polar surface area (TPSA) is 102 Å². The molecule has 0 aliphatic heterocycles. The Kier molecular flexibility index (Phi) is 7.23. The quantitative estimate of drug-likeness (QED) is 0.645. The molecule has 162 valence electrons. The Labute approximate surface area is 179 Å². The fraction of sp³-hybridized carbons (Fsp3) is 0.300. The van der Waals surface area contributed by atoms with Crippen LogP contribution >= 0.6 is 11.6 Å². The second-order valence-electron chi connectivity index (χ2n) is 7.52. The minimum absolute atomic E-state index is 0.0569. The Balaban J connectivity index is 2.17. The molecule has 0 aliphatic rings. The molecule has 2 aromatic rings. The first kappa shape index (κ1) is 23.8. The van der Waals surface area contributed by atoms with Crippen LogP contribution in [0, 0.1) is 5.82 Å². The van der Waals surface area contributed by atoms with Crippen molar-refractivity contribution in [2.75, 3.05) is 5.32 Å². The van der Waals surface area contributed by atoms with E-state index in [1.54, 1.807) is 20.8 Å². The lowest BCUT2D eigenvalue weighted by molar-refractivity contribution is -0.123. The Morgan fingerprint density at radius 3 is 2.37 bits per heavy atom. The van der Waals surface area contributed by atoms with Gasteiger partial charge in [0.15, 0.2) is 6.10 Å². The van der Waals surface area contributed by atoms with Crippen molar-refractivity contribution in [3.05, 3.63) is 58.9 Å². The van der Waals surface area contributed by atoms with Crippen LogP contribution in [0.2, 0.25) is 5.02 Å². The maximum Gasteiger partial charge on any atom is 0.338 e. The van der Waals surface area contributed by atoms with Gasteiger partial charge in [-0.3, -0.25) is 4.79 Å². The Morgan fingerprint density at radius 2 is 1.77 bits per heavy atom. The van der Waals surface area contributed by atoms with Crippen molar-refractivity contribution >= 4 is 39.2 Å². The van der Waals surface area contributed by atoms with E-state index in [2.05, 4.69) is 10.0 Å². The first-order valence-corrected chi connectivity index (χ1v) is 10.8. The van der Waals surface area contributed by atoms with Gasteiger partial charge >= 0.3 is 5.97 Å². The predicted molar refractivity (Wildman–Crippen MR) is 111 cm³/mol. The largest absolute Gasteiger partial charge is 0.449 e. The van der Waals surface area contributed by atoms with Gasteiger partial charge in [-0.05, 0) is 58.0 Å². The van der Waals surface area contributed by atoms with Crippen molar-refractivity contribution < 1.29 is 27.1 Å². The van der Waals surface area contributed by atoms with Crippen LogP contribution < -0.4 is 10.0 Å². The zero-order valence-electron chi connectivity index (χ0n) is 16.8. The number of carbonyl (C=O) groups excluding carboxylic acids is 2. The molecule has 1 amide bonds. The molecule has 1 atom stereocenters. The SMILES string of the molecule is CC(OC(=O)c1ccc(Cl)c(S(=O)(=O)NC(C)(C)C)c1)C(=O)Nc1ccccc1F. The van der Waals surface area contributed by atoms with E-state index in [-0.39, 0.29) is 21.2 Å². The number of anilines is 1. The van der Waals surface area contributed by atoms with Gasteiger partial charge in [0.2, 0.25) is 10.0 Å². The third kappa shape index (κ3) is 6.25. The minimum Gasteiger partial charge on any atom is -0.449 e. The summed E-state index contributed by atoms with van der Waals surface area (Å²) in [5, 5.41) is 2.24. The van der Waals surface area contributed by atoms with Crippen LogP contribution in [-0.2, 0) is 19.6 Å². The summed E-state index contributed by atoms with van der Waals surface area (Å²) >= 11 is 6.00. The molecule has 30 heavy (non-hydrogen) atoms. The number of sulfonamides is 1. The van der Waals surface area contributed by atoms with Crippen molar-refractivity contribution in [1.29, 1.82) is 0 Å². The second kappa shape index (κ2) is 9.11. The van der Waals surface area contributed by atoms with E-state index in [1.165, 1.54) is 43.3 Å².